The van der Waals surface area contributed by atoms with Crippen LogP contribution in [0.2, 0.25) is 0 Å². The van der Waals surface area contributed by atoms with E-state index in [1.165, 1.54) is 24.3 Å². The molecule has 1 saturated heterocycles. The van der Waals surface area contributed by atoms with Gasteiger partial charge in [0.25, 0.3) is 0 Å². The lowest BCUT2D eigenvalue weighted by Crippen LogP contribution is -2.64. The van der Waals surface area contributed by atoms with E-state index in [9.17, 15) is 28.6 Å². The van der Waals surface area contributed by atoms with Gasteiger partial charge < -0.3 is 28.2 Å². The molecule has 1 aromatic rings. The maximum Gasteiger partial charge on any atom is 0.529 e. The van der Waals surface area contributed by atoms with Gasteiger partial charge in [0.2, 0.25) is 6.29 Å². The minimum atomic E-state index is -5.03. The summed E-state index contributed by atoms with van der Waals surface area (Å²) in [5.41, 5.74) is 0. The average molecular weight is 536 g/mol. The van der Waals surface area contributed by atoms with Crippen molar-refractivity contribution >= 4 is 31.7 Å². The van der Waals surface area contributed by atoms with E-state index in [2.05, 4.69) is 4.74 Å². The molecule has 1 aromatic carbocycles. The van der Waals surface area contributed by atoms with Gasteiger partial charge in [-0.1, -0.05) is 18.2 Å². The highest BCUT2D eigenvalue weighted by Crippen LogP contribution is 2.47. The van der Waals surface area contributed by atoms with Gasteiger partial charge in [-0.3, -0.25) is 24.1 Å². The number of phosphoric acid groups is 1. The number of benzene rings is 1. The van der Waals surface area contributed by atoms with Crippen molar-refractivity contribution in [2.24, 2.45) is 0 Å². The Kier molecular flexibility index (Phi) is 10.3. The Hall–Kier alpha value is -3.06. The van der Waals surface area contributed by atoms with Crippen LogP contribution in [0.4, 0.5) is 4.39 Å². The van der Waals surface area contributed by atoms with Crippen LogP contribution in [0.3, 0.4) is 0 Å². The highest BCUT2D eigenvalue weighted by molar-refractivity contribution is 7.47. The molecule has 15 heteroatoms. The van der Waals surface area contributed by atoms with Crippen molar-refractivity contribution in [3.05, 3.63) is 30.3 Å². The van der Waals surface area contributed by atoms with Crippen molar-refractivity contribution in [2.75, 3.05) is 6.61 Å². The Bertz CT molecular complexity index is 987. The van der Waals surface area contributed by atoms with Crippen LogP contribution >= 0.6 is 7.82 Å². The Balaban J connectivity index is 2.47. The molecule has 0 radical (unpaired) electrons. The summed E-state index contributed by atoms with van der Waals surface area (Å²) in [6, 6.07) is 7.32. The summed E-state index contributed by atoms with van der Waals surface area (Å²) in [5.74, 6) is -3.80. The number of alkyl halides is 1. The van der Waals surface area contributed by atoms with Crippen LogP contribution in [0.15, 0.2) is 30.3 Å². The molecular weight excluding hydrogens is 510 g/mol. The molecule has 36 heavy (non-hydrogen) atoms. The number of phosphoric ester groups is 1. The molecule has 2 rings (SSSR count). The fourth-order valence-electron chi connectivity index (χ4n) is 3.24. The van der Waals surface area contributed by atoms with E-state index in [0.717, 1.165) is 27.7 Å². The number of rotatable bonds is 10. The average Bonchev–Trinajstić information content (AvgIpc) is 2.75. The van der Waals surface area contributed by atoms with Crippen LogP contribution in [0, 0.1) is 0 Å². The molecule has 1 aliphatic rings. The van der Waals surface area contributed by atoms with Gasteiger partial charge in [-0.05, 0) is 12.1 Å². The van der Waals surface area contributed by atoms with Crippen molar-refractivity contribution in [2.45, 2.75) is 64.6 Å². The maximum absolute atomic E-state index is 15.1. The van der Waals surface area contributed by atoms with E-state index in [1.54, 1.807) is 6.07 Å². The van der Waals surface area contributed by atoms with Gasteiger partial charge in [-0.15, -0.1) is 0 Å². The molecule has 1 heterocycles. The molecule has 1 N–H and O–H groups in total. The zero-order valence-corrected chi connectivity index (χ0v) is 20.6. The minimum absolute atomic E-state index is 0.0766. The van der Waals surface area contributed by atoms with Gasteiger partial charge in [-0.2, -0.15) is 0 Å². The topological polar surface area (TPSA) is 170 Å². The van der Waals surface area contributed by atoms with Gasteiger partial charge >= 0.3 is 31.7 Å². The van der Waals surface area contributed by atoms with Crippen molar-refractivity contribution in [1.82, 2.24) is 0 Å². The third kappa shape index (κ3) is 8.86. The van der Waals surface area contributed by atoms with Crippen LogP contribution in [0.25, 0.3) is 0 Å². The van der Waals surface area contributed by atoms with Crippen molar-refractivity contribution < 1.29 is 65.8 Å². The zero-order valence-electron chi connectivity index (χ0n) is 19.7. The first-order chi connectivity index (χ1) is 16.8. The number of hydrogen-bond acceptors (Lipinski definition) is 12. The molecule has 0 aliphatic carbocycles. The molecule has 7 atom stereocenters. The monoisotopic (exact) mass is 536 g/mol. The van der Waals surface area contributed by atoms with Gasteiger partial charge in [0, 0.05) is 27.7 Å². The summed E-state index contributed by atoms with van der Waals surface area (Å²) in [7, 11) is -5.03. The number of hydrogen-bond donors (Lipinski definition) is 1. The first kappa shape index (κ1) is 29.2. The lowest BCUT2D eigenvalue weighted by molar-refractivity contribution is -0.296. The molecule has 0 amide bonds. The minimum Gasteiger partial charge on any atom is -0.463 e. The fourth-order valence-corrected chi connectivity index (χ4v) is 4.10. The molecule has 200 valence electrons. The SMILES string of the molecule is CC(=O)OC[C@H](F)[C@H]1O[C@@H](OP(=O)(O)Oc2ccccc2)[C@@H](OC(C)=O)[C@@H](OC(C)=O)[C@@H]1OC(C)=O. The van der Waals surface area contributed by atoms with E-state index in [0.29, 0.717) is 0 Å². The molecule has 0 bridgehead atoms. The highest BCUT2D eigenvalue weighted by Gasteiger charge is 2.56. The van der Waals surface area contributed by atoms with E-state index >= 15 is 4.39 Å². The fraction of sp³-hybridized carbons (Fsp3) is 0.524. The molecular formula is C21H26FO13P. The van der Waals surface area contributed by atoms with Gasteiger partial charge in [-0.25, -0.2) is 13.5 Å². The molecule has 0 saturated carbocycles. The third-order valence-corrected chi connectivity index (χ3v) is 5.36. The Morgan fingerprint density at radius 1 is 0.917 bits per heavy atom. The highest BCUT2D eigenvalue weighted by atomic mass is 31.2. The number of halogens is 1. The second-order valence-corrected chi connectivity index (χ2v) is 8.82. The zero-order chi connectivity index (χ0) is 27.0. The third-order valence-electron chi connectivity index (χ3n) is 4.44. The van der Waals surface area contributed by atoms with E-state index in [-0.39, 0.29) is 5.75 Å². The van der Waals surface area contributed by atoms with E-state index < -0.39 is 75.2 Å². The van der Waals surface area contributed by atoms with Crippen LogP contribution in [-0.2, 0) is 52.0 Å². The quantitative estimate of drug-likeness (QED) is 0.260. The summed E-state index contributed by atoms with van der Waals surface area (Å²) in [6.45, 7) is 3.04. The standard InChI is InChI=1S/C21H26FO13P/c1-11(23)29-10-16(22)17-18(30-12(2)24)19(31-13(3)25)20(32-14(4)26)21(33-17)35-36(27,28)34-15-8-6-5-7-9-15/h5-9,16-21H,10H2,1-4H3,(H,27,28)/t16-,17+,18+,19-,20-,21-/m0/s1. The molecule has 1 fully saturated rings. The summed E-state index contributed by atoms with van der Waals surface area (Å²) in [6.07, 6.45) is -11.5. The Labute approximate surface area is 205 Å². The van der Waals surface area contributed by atoms with Crippen LogP contribution in [0.5, 0.6) is 5.75 Å². The van der Waals surface area contributed by atoms with Crippen molar-refractivity contribution in [3.63, 3.8) is 0 Å². The first-order valence-electron chi connectivity index (χ1n) is 10.5. The summed E-state index contributed by atoms with van der Waals surface area (Å²) < 4.78 is 63.3. The number of para-hydroxylation sites is 1. The number of esters is 4. The van der Waals surface area contributed by atoms with Crippen molar-refractivity contribution in [1.29, 1.82) is 0 Å². The predicted molar refractivity (Wildman–Crippen MR) is 115 cm³/mol. The predicted octanol–water partition coefficient (Wildman–Crippen LogP) is 1.60. The van der Waals surface area contributed by atoms with Crippen LogP contribution in [-0.4, -0.2) is 72.3 Å². The number of carbonyl (C=O) groups excluding carboxylic acids is 4. The van der Waals surface area contributed by atoms with Crippen molar-refractivity contribution in [3.8, 4) is 5.75 Å². The first-order valence-corrected chi connectivity index (χ1v) is 12.0. The largest absolute Gasteiger partial charge is 0.529 e. The van der Waals surface area contributed by atoms with Crippen LogP contribution in [0.1, 0.15) is 27.7 Å². The lowest BCUT2D eigenvalue weighted by Gasteiger charge is -2.44. The van der Waals surface area contributed by atoms with Gasteiger partial charge in [0.15, 0.2) is 24.5 Å². The number of carbonyl (C=O) groups is 4. The Morgan fingerprint density at radius 3 is 1.97 bits per heavy atom. The number of ether oxygens (including phenoxy) is 5. The molecule has 0 aromatic heterocycles. The maximum atomic E-state index is 15.1. The van der Waals surface area contributed by atoms with E-state index in [4.69, 9.17) is 28.0 Å². The summed E-state index contributed by atoms with van der Waals surface area (Å²) in [5, 5.41) is 0. The second-order valence-electron chi connectivity index (χ2n) is 7.49. The molecule has 0 spiro atoms. The van der Waals surface area contributed by atoms with Gasteiger partial charge in [0.05, 0.1) is 0 Å². The smallest absolute Gasteiger partial charge is 0.463 e. The molecule has 13 nitrogen and oxygen atoms in total. The van der Waals surface area contributed by atoms with Crippen LogP contribution < -0.4 is 4.52 Å². The van der Waals surface area contributed by atoms with E-state index in [1.807, 2.05) is 0 Å². The normalized spacial score (nSPS) is 26.0. The van der Waals surface area contributed by atoms with Gasteiger partial charge in [0.1, 0.15) is 18.5 Å². The lowest BCUT2D eigenvalue weighted by atomic mass is 9.95. The second kappa shape index (κ2) is 12.8. The Morgan fingerprint density at radius 2 is 1.44 bits per heavy atom. The summed E-state index contributed by atoms with van der Waals surface area (Å²) in [4.78, 5) is 56.8. The molecule has 1 aliphatic heterocycles. The molecule has 1 unspecified atom stereocenters. The summed E-state index contributed by atoms with van der Waals surface area (Å²) >= 11 is 0.